The van der Waals surface area contributed by atoms with Gasteiger partial charge in [-0.15, -0.1) is 0 Å². The average molecular weight is 375 g/mol. The molecule has 0 saturated carbocycles. The summed E-state index contributed by atoms with van der Waals surface area (Å²) in [5.74, 6) is -1.71. The Morgan fingerprint density at radius 1 is 1.19 bits per heavy atom. The number of carboxylic acid groups (broad SMARTS) is 2. The number of carbonyl (C=O) groups is 2. The molecule has 3 heterocycles. The number of ether oxygens (including phenoxy) is 1. The Morgan fingerprint density at radius 3 is 2.56 bits per heavy atom. The summed E-state index contributed by atoms with van der Waals surface area (Å²) in [4.78, 5) is 25.8. The number of fused-ring (bicyclic) bond motifs is 2. The molecule has 0 amide bonds. The number of aliphatic carboxylic acids is 2. The second kappa shape index (κ2) is 10.3. The van der Waals surface area contributed by atoms with Crippen molar-refractivity contribution in [1.29, 1.82) is 0 Å². The van der Waals surface area contributed by atoms with E-state index >= 15 is 0 Å². The third kappa shape index (κ3) is 7.10. The maximum atomic E-state index is 9.55. The van der Waals surface area contributed by atoms with Crippen LogP contribution < -0.4 is 15.0 Å². The predicted octanol–water partition coefficient (Wildman–Crippen LogP) is 2.04. The summed E-state index contributed by atoms with van der Waals surface area (Å²) in [6, 6.07) is 3.42. The zero-order chi connectivity index (χ0) is 19.6. The zero-order valence-electron chi connectivity index (χ0n) is 15.2. The van der Waals surface area contributed by atoms with Gasteiger partial charge in [0, 0.05) is 43.4 Å². The molecule has 0 aromatic carbocycles. The SMILES string of the molecule is C/C=C\Oc1cncc(N2CC[C@H]3CC[C@@H](C2)N3)c1.O=C(O)/C=C/C(=O)O. The molecule has 0 radical (unpaired) electrons. The van der Waals surface area contributed by atoms with Gasteiger partial charge in [0.25, 0.3) is 0 Å². The molecule has 0 spiro atoms. The molecule has 0 aliphatic carbocycles. The van der Waals surface area contributed by atoms with Gasteiger partial charge in [0.2, 0.25) is 0 Å². The van der Waals surface area contributed by atoms with Gasteiger partial charge in [-0.05, 0) is 26.2 Å². The fraction of sp³-hybridized carbons (Fsp3) is 0.421. The van der Waals surface area contributed by atoms with E-state index in [4.69, 9.17) is 14.9 Å². The summed E-state index contributed by atoms with van der Waals surface area (Å²) in [6.07, 6.45) is 12.2. The fourth-order valence-corrected chi connectivity index (χ4v) is 3.11. The second-order valence-corrected chi connectivity index (χ2v) is 6.35. The summed E-state index contributed by atoms with van der Waals surface area (Å²) >= 11 is 0. The van der Waals surface area contributed by atoms with Gasteiger partial charge in [0.1, 0.15) is 5.75 Å². The van der Waals surface area contributed by atoms with E-state index in [1.807, 2.05) is 19.2 Å². The molecular formula is C19H25N3O5. The van der Waals surface area contributed by atoms with Crippen LogP contribution in [0, 0.1) is 0 Å². The number of pyridine rings is 1. The van der Waals surface area contributed by atoms with Crippen molar-refractivity contribution in [2.75, 3.05) is 18.0 Å². The quantitative estimate of drug-likeness (QED) is 0.529. The number of allylic oxidation sites excluding steroid dienone is 1. The van der Waals surface area contributed by atoms with Crippen molar-refractivity contribution in [2.24, 2.45) is 0 Å². The summed E-state index contributed by atoms with van der Waals surface area (Å²) in [6.45, 7) is 4.11. The molecule has 0 unspecified atom stereocenters. The van der Waals surface area contributed by atoms with E-state index in [0.29, 0.717) is 24.2 Å². The number of hydrogen-bond donors (Lipinski definition) is 3. The minimum atomic E-state index is -1.26. The van der Waals surface area contributed by atoms with E-state index in [0.717, 1.165) is 24.5 Å². The number of nitrogens with one attached hydrogen (secondary N) is 1. The molecule has 2 bridgehead atoms. The largest absolute Gasteiger partial charge is 0.478 e. The maximum absolute atomic E-state index is 9.55. The number of hydrogen-bond acceptors (Lipinski definition) is 6. The number of anilines is 1. The maximum Gasteiger partial charge on any atom is 0.328 e. The molecule has 2 atom stereocenters. The van der Waals surface area contributed by atoms with Crippen LogP contribution in [0.25, 0.3) is 0 Å². The molecule has 1 aromatic rings. The molecule has 1 aromatic heterocycles. The Labute approximate surface area is 158 Å². The smallest absolute Gasteiger partial charge is 0.328 e. The van der Waals surface area contributed by atoms with E-state index in [1.165, 1.54) is 19.3 Å². The van der Waals surface area contributed by atoms with Crippen molar-refractivity contribution < 1.29 is 24.5 Å². The van der Waals surface area contributed by atoms with Gasteiger partial charge < -0.3 is 25.2 Å². The van der Waals surface area contributed by atoms with Crippen LogP contribution >= 0.6 is 0 Å². The molecule has 27 heavy (non-hydrogen) atoms. The molecule has 8 nitrogen and oxygen atoms in total. The monoisotopic (exact) mass is 375 g/mol. The number of rotatable bonds is 5. The van der Waals surface area contributed by atoms with Crippen molar-refractivity contribution in [3.05, 3.63) is 43.0 Å². The molecule has 146 valence electrons. The van der Waals surface area contributed by atoms with Crippen LogP contribution in [0.5, 0.6) is 5.75 Å². The van der Waals surface area contributed by atoms with E-state index in [-0.39, 0.29) is 0 Å². The van der Waals surface area contributed by atoms with Crippen LogP contribution in [0.2, 0.25) is 0 Å². The molecule has 8 heteroatoms. The number of carboxylic acids is 2. The van der Waals surface area contributed by atoms with Crippen molar-refractivity contribution >= 4 is 17.6 Å². The van der Waals surface area contributed by atoms with Gasteiger partial charge in [-0.3, -0.25) is 4.98 Å². The molecule has 2 fully saturated rings. The van der Waals surface area contributed by atoms with E-state index < -0.39 is 11.9 Å². The van der Waals surface area contributed by atoms with E-state index in [1.54, 1.807) is 12.5 Å². The topological polar surface area (TPSA) is 112 Å². The lowest BCUT2D eigenvalue weighted by molar-refractivity contribution is -0.134. The normalized spacial score (nSPS) is 21.6. The Bertz CT molecular complexity index is 688. The Hall–Kier alpha value is -2.87. The lowest BCUT2D eigenvalue weighted by Gasteiger charge is -2.26. The minimum Gasteiger partial charge on any atom is -0.478 e. The van der Waals surface area contributed by atoms with Crippen molar-refractivity contribution in [3.63, 3.8) is 0 Å². The Kier molecular flexibility index (Phi) is 7.81. The minimum absolute atomic E-state index is 0.558. The van der Waals surface area contributed by atoms with Crippen molar-refractivity contribution in [3.8, 4) is 5.75 Å². The number of nitrogens with zero attached hydrogens (tertiary/aromatic N) is 2. The average Bonchev–Trinajstić information content (AvgIpc) is 2.98. The molecule has 3 rings (SSSR count). The second-order valence-electron chi connectivity index (χ2n) is 6.35. The molecule has 2 saturated heterocycles. The van der Waals surface area contributed by atoms with Gasteiger partial charge in [0.15, 0.2) is 0 Å². The predicted molar refractivity (Wildman–Crippen MR) is 101 cm³/mol. The van der Waals surface area contributed by atoms with Gasteiger partial charge >= 0.3 is 11.9 Å². The van der Waals surface area contributed by atoms with Crippen molar-refractivity contribution in [1.82, 2.24) is 10.3 Å². The molecule has 3 N–H and O–H groups in total. The Balaban J connectivity index is 0.000000279. The highest BCUT2D eigenvalue weighted by atomic mass is 16.5. The molecule has 2 aliphatic rings. The van der Waals surface area contributed by atoms with Crippen molar-refractivity contribution in [2.45, 2.75) is 38.3 Å². The molecular weight excluding hydrogens is 350 g/mol. The third-order valence-electron chi connectivity index (χ3n) is 4.30. The zero-order valence-corrected chi connectivity index (χ0v) is 15.2. The molecule has 2 aliphatic heterocycles. The van der Waals surface area contributed by atoms with Crippen LogP contribution in [0.4, 0.5) is 5.69 Å². The van der Waals surface area contributed by atoms with Gasteiger partial charge in [-0.25, -0.2) is 9.59 Å². The van der Waals surface area contributed by atoms with Gasteiger partial charge in [-0.2, -0.15) is 0 Å². The fourth-order valence-electron chi connectivity index (χ4n) is 3.11. The lowest BCUT2D eigenvalue weighted by Crippen LogP contribution is -2.35. The van der Waals surface area contributed by atoms with Crippen LogP contribution in [-0.2, 0) is 9.59 Å². The van der Waals surface area contributed by atoms with Gasteiger partial charge in [0.05, 0.1) is 24.3 Å². The number of aromatic nitrogens is 1. The van der Waals surface area contributed by atoms with Crippen LogP contribution in [0.15, 0.2) is 43.0 Å². The lowest BCUT2D eigenvalue weighted by atomic mass is 10.1. The first-order valence-electron chi connectivity index (χ1n) is 8.85. The van der Waals surface area contributed by atoms with E-state index in [2.05, 4.69) is 21.3 Å². The van der Waals surface area contributed by atoms with Crippen LogP contribution in [-0.4, -0.2) is 52.3 Å². The van der Waals surface area contributed by atoms with Gasteiger partial charge in [-0.1, -0.05) is 6.08 Å². The summed E-state index contributed by atoms with van der Waals surface area (Å²) < 4.78 is 5.49. The highest BCUT2D eigenvalue weighted by Crippen LogP contribution is 2.26. The summed E-state index contributed by atoms with van der Waals surface area (Å²) in [5.41, 5.74) is 1.16. The first kappa shape index (κ1) is 20.4. The Morgan fingerprint density at radius 2 is 1.89 bits per heavy atom. The first-order valence-corrected chi connectivity index (χ1v) is 8.85. The third-order valence-corrected chi connectivity index (χ3v) is 4.30. The highest BCUT2D eigenvalue weighted by Gasteiger charge is 2.29. The summed E-state index contributed by atoms with van der Waals surface area (Å²) in [7, 11) is 0. The van der Waals surface area contributed by atoms with Crippen LogP contribution in [0.3, 0.4) is 0 Å². The first-order chi connectivity index (χ1) is 13.0. The standard InChI is InChI=1S/C15H21N3O.C4H4O4/c1-2-7-19-15-8-14(9-16-10-15)18-6-5-12-3-4-13(11-18)17-12;5-3(6)1-2-4(7)8/h2,7-10,12-13,17H,3-6,11H2,1H3;1-2H,(H,5,6)(H,7,8)/b7-2-;2-1+/t12-,13+;/m1./s1. The van der Waals surface area contributed by atoms with E-state index in [9.17, 15) is 9.59 Å². The van der Waals surface area contributed by atoms with Crippen LogP contribution in [0.1, 0.15) is 26.2 Å². The highest BCUT2D eigenvalue weighted by molar-refractivity contribution is 5.89. The summed E-state index contributed by atoms with van der Waals surface area (Å²) in [5, 5.41) is 19.3.